The third-order valence-corrected chi connectivity index (χ3v) is 7.96. The normalized spacial score (nSPS) is 16.1. The van der Waals surface area contributed by atoms with Gasteiger partial charge < -0.3 is 19.9 Å². The Labute approximate surface area is 230 Å². The summed E-state index contributed by atoms with van der Waals surface area (Å²) in [6.45, 7) is 2.07. The van der Waals surface area contributed by atoms with Crippen LogP contribution in [0, 0.1) is 0 Å². The standard InChI is InChI=1S/C31H31F3N4O2/c32-31(33,34)40-25-9-6-21(7-10-25)22-13-15-38(16-14-22)29-12-8-24-17-20(5-11-27(24)37-29)19-35-30(39)28-18-23-3-1-2-4-26(23)36-28/h5-12,17-18,22,36H,1-4,13-16,19H2,(H,35,39). The molecule has 6 rings (SSSR count). The van der Waals surface area contributed by atoms with Crippen molar-refractivity contribution >= 4 is 22.6 Å². The van der Waals surface area contributed by atoms with E-state index in [0.29, 0.717) is 12.2 Å². The number of aromatic amines is 1. The van der Waals surface area contributed by atoms with Crippen molar-refractivity contribution in [1.82, 2.24) is 15.3 Å². The average molecular weight is 549 g/mol. The summed E-state index contributed by atoms with van der Waals surface area (Å²) in [5.41, 5.74) is 6.03. The summed E-state index contributed by atoms with van der Waals surface area (Å²) in [4.78, 5) is 23.1. The van der Waals surface area contributed by atoms with Crippen LogP contribution in [0.15, 0.2) is 60.7 Å². The molecule has 1 saturated heterocycles. The maximum atomic E-state index is 12.7. The van der Waals surface area contributed by atoms with Crippen molar-refractivity contribution in [2.45, 2.75) is 57.3 Å². The Morgan fingerprint density at radius 1 is 1.00 bits per heavy atom. The van der Waals surface area contributed by atoms with Crippen LogP contribution < -0.4 is 15.0 Å². The molecule has 1 aliphatic carbocycles. The van der Waals surface area contributed by atoms with E-state index in [1.807, 2.05) is 24.3 Å². The summed E-state index contributed by atoms with van der Waals surface area (Å²) in [6, 6.07) is 18.3. The maximum Gasteiger partial charge on any atom is 0.573 e. The number of halogens is 3. The van der Waals surface area contributed by atoms with Crippen molar-refractivity contribution in [3.63, 3.8) is 0 Å². The Morgan fingerprint density at radius 3 is 2.52 bits per heavy atom. The van der Waals surface area contributed by atoms with E-state index in [-0.39, 0.29) is 17.6 Å². The molecule has 3 heterocycles. The van der Waals surface area contributed by atoms with Crippen LogP contribution in [-0.4, -0.2) is 35.3 Å². The Morgan fingerprint density at radius 2 is 1.77 bits per heavy atom. The van der Waals surface area contributed by atoms with Gasteiger partial charge in [0.2, 0.25) is 0 Å². The summed E-state index contributed by atoms with van der Waals surface area (Å²) >= 11 is 0. The second kappa shape index (κ2) is 10.9. The molecule has 1 amide bonds. The molecule has 6 nitrogen and oxygen atoms in total. The molecule has 2 N–H and O–H groups in total. The highest BCUT2D eigenvalue weighted by atomic mass is 19.4. The summed E-state index contributed by atoms with van der Waals surface area (Å²) in [5, 5.41) is 4.04. The molecule has 2 aromatic carbocycles. The van der Waals surface area contributed by atoms with E-state index in [2.05, 4.69) is 32.1 Å². The number of fused-ring (bicyclic) bond motifs is 2. The van der Waals surface area contributed by atoms with Crippen molar-refractivity contribution in [1.29, 1.82) is 0 Å². The second-order valence-electron chi connectivity index (χ2n) is 10.7. The first-order chi connectivity index (χ1) is 19.3. The number of alkyl halides is 3. The number of carbonyl (C=O) groups is 1. The van der Waals surface area contributed by atoms with Gasteiger partial charge in [0, 0.05) is 30.7 Å². The quantitative estimate of drug-likeness (QED) is 0.283. The predicted octanol–water partition coefficient (Wildman–Crippen LogP) is 6.65. The topological polar surface area (TPSA) is 70.2 Å². The van der Waals surface area contributed by atoms with Gasteiger partial charge in [-0.15, -0.1) is 13.2 Å². The van der Waals surface area contributed by atoms with Crippen LogP contribution in [0.5, 0.6) is 5.75 Å². The van der Waals surface area contributed by atoms with E-state index in [0.717, 1.165) is 66.6 Å². The minimum Gasteiger partial charge on any atom is -0.406 e. The zero-order valence-electron chi connectivity index (χ0n) is 22.1. The Hall–Kier alpha value is -4.01. The number of aromatic nitrogens is 2. The lowest BCUT2D eigenvalue weighted by atomic mass is 9.89. The first kappa shape index (κ1) is 26.2. The summed E-state index contributed by atoms with van der Waals surface area (Å²) < 4.78 is 41.3. The Bertz CT molecular complexity index is 1480. The van der Waals surface area contributed by atoms with E-state index >= 15 is 0 Å². The van der Waals surface area contributed by atoms with Gasteiger partial charge in [-0.25, -0.2) is 4.98 Å². The lowest BCUT2D eigenvalue weighted by molar-refractivity contribution is -0.274. The molecule has 0 unspecified atom stereocenters. The molecule has 0 radical (unpaired) electrons. The number of nitrogens with one attached hydrogen (secondary N) is 2. The van der Waals surface area contributed by atoms with Crippen LogP contribution >= 0.6 is 0 Å². The van der Waals surface area contributed by atoms with Crippen LogP contribution in [0.2, 0.25) is 0 Å². The number of piperidine rings is 1. The van der Waals surface area contributed by atoms with Crippen molar-refractivity contribution in [2.75, 3.05) is 18.0 Å². The van der Waals surface area contributed by atoms with Crippen LogP contribution in [0.1, 0.15) is 64.5 Å². The Kier molecular flexibility index (Phi) is 7.12. The van der Waals surface area contributed by atoms with Gasteiger partial charge >= 0.3 is 6.36 Å². The summed E-state index contributed by atoms with van der Waals surface area (Å²) in [6.07, 6.45) is 1.50. The van der Waals surface area contributed by atoms with Gasteiger partial charge in [0.1, 0.15) is 17.3 Å². The zero-order chi connectivity index (χ0) is 27.7. The number of rotatable bonds is 6. The summed E-state index contributed by atoms with van der Waals surface area (Å²) in [7, 11) is 0. The largest absolute Gasteiger partial charge is 0.573 e. The third-order valence-electron chi connectivity index (χ3n) is 7.96. The smallest absolute Gasteiger partial charge is 0.406 e. The minimum absolute atomic E-state index is 0.0862. The lowest BCUT2D eigenvalue weighted by Gasteiger charge is -2.33. The van der Waals surface area contributed by atoms with Gasteiger partial charge in [0.25, 0.3) is 5.91 Å². The number of hydrogen-bond acceptors (Lipinski definition) is 4. The second-order valence-corrected chi connectivity index (χ2v) is 10.7. The molecular weight excluding hydrogens is 517 g/mol. The van der Waals surface area contributed by atoms with Crippen molar-refractivity contribution in [3.8, 4) is 5.75 Å². The van der Waals surface area contributed by atoms with E-state index in [9.17, 15) is 18.0 Å². The molecule has 0 spiro atoms. The predicted molar refractivity (Wildman–Crippen MR) is 148 cm³/mol. The monoisotopic (exact) mass is 548 g/mol. The number of H-pyrrole nitrogens is 1. The number of carbonyl (C=O) groups excluding carboxylic acids is 1. The number of benzene rings is 2. The molecule has 0 atom stereocenters. The van der Waals surface area contributed by atoms with Crippen LogP contribution in [-0.2, 0) is 19.4 Å². The van der Waals surface area contributed by atoms with E-state index < -0.39 is 6.36 Å². The first-order valence-electron chi connectivity index (χ1n) is 13.8. The van der Waals surface area contributed by atoms with E-state index in [1.54, 1.807) is 12.1 Å². The molecule has 0 saturated carbocycles. The zero-order valence-corrected chi connectivity index (χ0v) is 22.1. The molecule has 1 fully saturated rings. The third kappa shape index (κ3) is 5.93. The SMILES string of the molecule is O=C(NCc1ccc2nc(N3CCC(c4ccc(OC(F)(F)F)cc4)CC3)ccc2c1)c1cc2c([nH]1)CCCC2. The van der Waals surface area contributed by atoms with Crippen LogP contribution in [0.4, 0.5) is 19.0 Å². The number of amides is 1. The highest BCUT2D eigenvalue weighted by molar-refractivity contribution is 5.93. The fraction of sp³-hybridized carbons (Fsp3) is 0.355. The fourth-order valence-electron chi connectivity index (χ4n) is 5.84. The number of anilines is 1. The van der Waals surface area contributed by atoms with Gasteiger partial charge in [-0.2, -0.15) is 0 Å². The van der Waals surface area contributed by atoms with Crippen molar-refractivity contribution in [3.05, 3.63) is 88.7 Å². The molecule has 40 heavy (non-hydrogen) atoms. The molecule has 4 aromatic rings. The van der Waals surface area contributed by atoms with E-state index in [4.69, 9.17) is 4.98 Å². The number of aryl methyl sites for hydroxylation is 2. The highest BCUT2D eigenvalue weighted by Gasteiger charge is 2.31. The van der Waals surface area contributed by atoms with Crippen molar-refractivity contribution in [2.24, 2.45) is 0 Å². The van der Waals surface area contributed by atoms with Gasteiger partial charge in [0.05, 0.1) is 5.52 Å². The van der Waals surface area contributed by atoms with Crippen molar-refractivity contribution < 1.29 is 22.7 Å². The Balaban J connectivity index is 1.04. The highest BCUT2D eigenvalue weighted by Crippen LogP contribution is 2.32. The first-order valence-corrected chi connectivity index (χ1v) is 13.8. The molecule has 208 valence electrons. The number of nitrogens with zero attached hydrogens (tertiary/aromatic N) is 2. The van der Waals surface area contributed by atoms with Gasteiger partial charge in [-0.1, -0.05) is 18.2 Å². The lowest BCUT2D eigenvalue weighted by Crippen LogP contribution is -2.33. The van der Waals surface area contributed by atoms with Gasteiger partial charge in [0.15, 0.2) is 0 Å². The molecule has 9 heteroatoms. The number of hydrogen-bond donors (Lipinski definition) is 2. The fourth-order valence-corrected chi connectivity index (χ4v) is 5.84. The van der Waals surface area contributed by atoms with Crippen LogP contribution in [0.25, 0.3) is 10.9 Å². The minimum atomic E-state index is -4.68. The molecule has 2 aromatic heterocycles. The number of pyridine rings is 1. The number of ether oxygens (including phenoxy) is 1. The molecule has 0 bridgehead atoms. The molecule has 1 aliphatic heterocycles. The van der Waals surface area contributed by atoms with Crippen LogP contribution in [0.3, 0.4) is 0 Å². The maximum absolute atomic E-state index is 12.7. The van der Waals surface area contributed by atoms with Gasteiger partial charge in [-0.3, -0.25) is 4.79 Å². The molecular formula is C31H31F3N4O2. The average Bonchev–Trinajstić information content (AvgIpc) is 3.40. The summed E-state index contributed by atoms with van der Waals surface area (Å²) in [5.74, 6) is 0.915. The van der Waals surface area contributed by atoms with Gasteiger partial charge in [-0.05, 0) is 104 Å². The molecule has 2 aliphatic rings. The van der Waals surface area contributed by atoms with E-state index in [1.165, 1.54) is 36.2 Å².